The number of aromatic nitrogens is 2. The molecule has 8 nitrogen and oxygen atoms in total. The first-order chi connectivity index (χ1) is 9.65. The van der Waals surface area contributed by atoms with Crippen LogP contribution in [-0.2, 0) is 9.59 Å². The van der Waals surface area contributed by atoms with E-state index < -0.39 is 23.7 Å². The Bertz CT molecular complexity index is 627. The first-order valence-electron chi connectivity index (χ1n) is 6.14. The largest absolute Gasteiger partial charge is 0.296 e. The third kappa shape index (κ3) is 1.61. The summed E-state index contributed by atoms with van der Waals surface area (Å²) in [7, 11) is 0. The molecule has 0 unspecified atom stereocenters. The molecule has 1 saturated heterocycles. The van der Waals surface area contributed by atoms with Crippen LogP contribution in [0.15, 0.2) is 23.7 Å². The molecule has 0 bridgehead atoms. The number of amides is 2. The van der Waals surface area contributed by atoms with E-state index in [1.54, 1.807) is 6.92 Å². The number of ketones is 1. The highest BCUT2D eigenvalue weighted by molar-refractivity contribution is 6.50. The first kappa shape index (κ1) is 12.4. The van der Waals surface area contributed by atoms with Crippen LogP contribution in [0.1, 0.15) is 17.4 Å². The highest BCUT2D eigenvalue weighted by atomic mass is 16.2. The Morgan fingerprint density at radius 2 is 2.15 bits per heavy atom. The summed E-state index contributed by atoms with van der Waals surface area (Å²) in [4.78, 5) is 45.2. The number of nitrogens with zero attached hydrogens (tertiary/aromatic N) is 4. The zero-order valence-electron chi connectivity index (χ0n) is 10.6. The molecule has 1 aromatic heterocycles. The van der Waals surface area contributed by atoms with E-state index in [1.165, 1.54) is 18.6 Å². The molecule has 8 heteroatoms. The van der Waals surface area contributed by atoms with Crippen molar-refractivity contribution in [2.24, 2.45) is 11.0 Å². The smallest absolute Gasteiger partial charge is 0.254 e. The summed E-state index contributed by atoms with van der Waals surface area (Å²) in [5.41, 5.74) is 2.69. The van der Waals surface area contributed by atoms with Gasteiger partial charge < -0.3 is 0 Å². The maximum atomic E-state index is 12.3. The van der Waals surface area contributed by atoms with Gasteiger partial charge in [0, 0.05) is 18.9 Å². The SMILES string of the molecule is CCN1C(=O)[C@H]2C(C(=O)c3cnccn3)=NN[C@H]2C1=O. The summed E-state index contributed by atoms with van der Waals surface area (Å²) >= 11 is 0. The normalized spacial score (nSPS) is 24.4. The van der Waals surface area contributed by atoms with Crippen LogP contribution < -0.4 is 5.43 Å². The minimum absolute atomic E-state index is 0.0183. The van der Waals surface area contributed by atoms with Gasteiger partial charge in [0.15, 0.2) is 0 Å². The van der Waals surface area contributed by atoms with Gasteiger partial charge in [-0.05, 0) is 6.92 Å². The Kier molecular flexibility index (Phi) is 2.78. The summed E-state index contributed by atoms with van der Waals surface area (Å²) < 4.78 is 0. The molecule has 20 heavy (non-hydrogen) atoms. The molecule has 3 heterocycles. The summed E-state index contributed by atoms with van der Waals surface area (Å²) in [5, 5.41) is 3.85. The van der Waals surface area contributed by atoms with Gasteiger partial charge in [0.05, 0.1) is 6.20 Å². The highest BCUT2D eigenvalue weighted by Crippen LogP contribution is 2.26. The predicted molar refractivity (Wildman–Crippen MR) is 66.6 cm³/mol. The zero-order valence-corrected chi connectivity index (χ0v) is 10.6. The second-order valence-corrected chi connectivity index (χ2v) is 4.42. The number of fused-ring (bicyclic) bond motifs is 1. The Labute approximate surface area is 113 Å². The molecule has 2 amide bonds. The Hall–Kier alpha value is -2.64. The number of likely N-dealkylation sites (N-methyl/N-ethyl adjacent to an activating group) is 1. The lowest BCUT2D eigenvalue weighted by molar-refractivity contribution is -0.139. The van der Waals surface area contributed by atoms with Crippen LogP contribution in [0, 0.1) is 5.92 Å². The first-order valence-corrected chi connectivity index (χ1v) is 6.14. The number of carbonyl (C=O) groups is 3. The Morgan fingerprint density at radius 3 is 2.80 bits per heavy atom. The molecule has 2 atom stereocenters. The number of Topliss-reactive ketones (excluding diaryl/α,β-unsaturated/α-hetero) is 1. The monoisotopic (exact) mass is 273 g/mol. The van der Waals surface area contributed by atoms with E-state index >= 15 is 0 Å². The van der Waals surface area contributed by atoms with Gasteiger partial charge in [-0.1, -0.05) is 0 Å². The molecular formula is C12H11N5O3. The molecule has 0 spiro atoms. The number of hydrogen-bond donors (Lipinski definition) is 1. The average Bonchev–Trinajstić information content (AvgIpc) is 3.01. The maximum absolute atomic E-state index is 12.3. The summed E-state index contributed by atoms with van der Waals surface area (Å²) in [6, 6.07) is -0.780. The van der Waals surface area contributed by atoms with Crippen LogP contribution in [0.2, 0.25) is 0 Å². The van der Waals surface area contributed by atoms with Crippen molar-refractivity contribution in [3.05, 3.63) is 24.3 Å². The Morgan fingerprint density at radius 1 is 1.35 bits per heavy atom. The number of carbonyl (C=O) groups excluding carboxylic acids is 3. The fourth-order valence-corrected chi connectivity index (χ4v) is 2.39. The lowest BCUT2D eigenvalue weighted by Crippen LogP contribution is -2.36. The van der Waals surface area contributed by atoms with Gasteiger partial charge in [-0.3, -0.25) is 29.7 Å². The van der Waals surface area contributed by atoms with Crippen molar-refractivity contribution >= 4 is 23.3 Å². The molecular weight excluding hydrogens is 262 g/mol. The summed E-state index contributed by atoms with van der Waals surface area (Å²) in [5.74, 6) is -2.11. The van der Waals surface area contributed by atoms with Gasteiger partial charge in [-0.25, -0.2) is 4.98 Å². The number of imide groups is 1. The lowest BCUT2D eigenvalue weighted by Gasteiger charge is -2.11. The van der Waals surface area contributed by atoms with Crippen molar-refractivity contribution in [3.8, 4) is 0 Å². The molecule has 0 aromatic carbocycles. The van der Waals surface area contributed by atoms with Gasteiger partial charge >= 0.3 is 0 Å². The lowest BCUT2D eigenvalue weighted by atomic mass is 9.94. The van der Waals surface area contributed by atoms with Crippen LogP contribution in [0.3, 0.4) is 0 Å². The third-order valence-corrected chi connectivity index (χ3v) is 3.36. The molecule has 2 aliphatic rings. The van der Waals surface area contributed by atoms with Gasteiger partial charge in [0.1, 0.15) is 23.4 Å². The number of nitrogens with one attached hydrogen (secondary N) is 1. The minimum atomic E-state index is -0.864. The van der Waals surface area contributed by atoms with E-state index in [2.05, 4.69) is 20.5 Å². The summed E-state index contributed by atoms with van der Waals surface area (Å²) in [6.07, 6.45) is 4.13. The van der Waals surface area contributed by atoms with E-state index in [0.29, 0.717) is 0 Å². The van der Waals surface area contributed by atoms with Crippen molar-refractivity contribution in [2.45, 2.75) is 13.0 Å². The van der Waals surface area contributed by atoms with Crippen molar-refractivity contribution in [3.63, 3.8) is 0 Å². The topological polar surface area (TPSA) is 105 Å². The van der Waals surface area contributed by atoms with E-state index in [-0.39, 0.29) is 23.9 Å². The number of likely N-dealkylation sites (tertiary alicyclic amines) is 1. The van der Waals surface area contributed by atoms with Crippen LogP contribution in [-0.4, -0.2) is 50.8 Å². The van der Waals surface area contributed by atoms with Crippen molar-refractivity contribution in [1.29, 1.82) is 0 Å². The van der Waals surface area contributed by atoms with Crippen molar-refractivity contribution in [1.82, 2.24) is 20.3 Å². The van der Waals surface area contributed by atoms with Crippen molar-refractivity contribution < 1.29 is 14.4 Å². The maximum Gasteiger partial charge on any atom is 0.254 e. The molecule has 1 N–H and O–H groups in total. The van der Waals surface area contributed by atoms with Gasteiger partial charge in [-0.15, -0.1) is 0 Å². The number of hydrogen-bond acceptors (Lipinski definition) is 7. The second-order valence-electron chi connectivity index (χ2n) is 4.42. The molecule has 2 aliphatic heterocycles. The standard InChI is InChI=1S/C12H11N5O3/c1-2-17-11(19)7-8(15-16-9(7)12(17)20)10(18)6-5-13-3-4-14-6/h3-5,7,9,16H,2H2,1H3/t7-,9+/m0/s1. The zero-order chi connectivity index (χ0) is 14.3. The van der Waals surface area contributed by atoms with E-state index in [0.717, 1.165) is 4.90 Å². The van der Waals surface area contributed by atoms with Gasteiger partial charge in [0.2, 0.25) is 11.7 Å². The third-order valence-electron chi connectivity index (χ3n) is 3.36. The Balaban J connectivity index is 1.92. The van der Waals surface area contributed by atoms with Crippen LogP contribution in [0.4, 0.5) is 0 Å². The van der Waals surface area contributed by atoms with E-state index in [1.807, 2.05) is 0 Å². The predicted octanol–water partition coefficient (Wildman–Crippen LogP) is -1.01. The van der Waals surface area contributed by atoms with Crippen LogP contribution in [0.25, 0.3) is 0 Å². The second kappa shape index (κ2) is 4.48. The highest BCUT2D eigenvalue weighted by Gasteiger charge is 2.54. The van der Waals surface area contributed by atoms with Gasteiger partial charge in [0.25, 0.3) is 5.91 Å². The quantitative estimate of drug-likeness (QED) is 0.559. The van der Waals surface area contributed by atoms with E-state index in [9.17, 15) is 14.4 Å². The molecule has 0 aliphatic carbocycles. The fraction of sp³-hybridized carbons (Fsp3) is 0.333. The van der Waals surface area contributed by atoms with E-state index in [4.69, 9.17) is 0 Å². The molecule has 1 aromatic rings. The number of rotatable bonds is 3. The minimum Gasteiger partial charge on any atom is -0.296 e. The average molecular weight is 273 g/mol. The molecule has 102 valence electrons. The molecule has 3 rings (SSSR count). The van der Waals surface area contributed by atoms with Crippen LogP contribution in [0.5, 0.6) is 0 Å². The summed E-state index contributed by atoms with van der Waals surface area (Å²) in [6.45, 7) is 1.98. The fourth-order valence-electron chi connectivity index (χ4n) is 2.39. The molecule has 0 radical (unpaired) electrons. The molecule has 1 fully saturated rings. The number of hydrazone groups is 1. The van der Waals surface area contributed by atoms with Crippen molar-refractivity contribution in [2.75, 3.05) is 6.54 Å². The van der Waals surface area contributed by atoms with Crippen LogP contribution >= 0.6 is 0 Å². The van der Waals surface area contributed by atoms with Gasteiger partial charge in [-0.2, -0.15) is 5.10 Å². The molecule has 0 saturated carbocycles.